The number of ether oxygens (including phenoxy) is 1. The minimum atomic E-state index is -0.810. The van der Waals surface area contributed by atoms with Gasteiger partial charge < -0.3 is 20.3 Å². The van der Waals surface area contributed by atoms with E-state index in [1.807, 2.05) is 52.0 Å². The summed E-state index contributed by atoms with van der Waals surface area (Å²) in [6, 6.07) is 6.05. The lowest BCUT2D eigenvalue weighted by Crippen LogP contribution is -2.55. The van der Waals surface area contributed by atoms with Gasteiger partial charge in [0, 0.05) is 12.6 Å². The minimum absolute atomic E-state index is 0.147. The third kappa shape index (κ3) is 10.2. The van der Waals surface area contributed by atoms with E-state index >= 15 is 0 Å². The fourth-order valence-corrected chi connectivity index (χ4v) is 3.98. The molecule has 3 unspecified atom stereocenters. The van der Waals surface area contributed by atoms with Crippen LogP contribution in [0.15, 0.2) is 24.3 Å². The van der Waals surface area contributed by atoms with Gasteiger partial charge in [0.25, 0.3) is 0 Å². The zero-order valence-corrected chi connectivity index (χ0v) is 23.9. The SMILES string of the molecule is CCCCNC(=O)C(c1ccc(CC)cc1)N(C(=O)C(CC(C)C)NC(=O)OC(C)(C)C)C(C)CC. The molecule has 1 rings (SSSR count). The average Bonchev–Trinajstić information content (AvgIpc) is 2.79. The van der Waals surface area contributed by atoms with Crippen molar-refractivity contribution in [2.24, 2.45) is 5.92 Å². The van der Waals surface area contributed by atoms with Gasteiger partial charge in [0.15, 0.2) is 0 Å². The molecule has 0 aliphatic carbocycles. The lowest BCUT2D eigenvalue weighted by Gasteiger charge is -2.38. The van der Waals surface area contributed by atoms with Gasteiger partial charge in [-0.3, -0.25) is 9.59 Å². The van der Waals surface area contributed by atoms with E-state index in [-0.39, 0.29) is 23.8 Å². The molecule has 0 aromatic heterocycles. The van der Waals surface area contributed by atoms with Crippen LogP contribution in [-0.2, 0) is 20.7 Å². The Kier molecular flexibility index (Phi) is 13.0. The zero-order valence-electron chi connectivity index (χ0n) is 23.9. The van der Waals surface area contributed by atoms with Crippen molar-refractivity contribution in [3.63, 3.8) is 0 Å². The van der Waals surface area contributed by atoms with Crippen LogP contribution in [0.4, 0.5) is 4.79 Å². The molecule has 0 radical (unpaired) electrons. The monoisotopic (exact) mass is 503 g/mol. The summed E-state index contributed by atoms with van der Waals surface area (Å²) in [5.41, 5.74) is 1.24. The molecule has 36 heavy (non-hydrogen) atoms. The van der Waals surface area contributed by atoms with Crippen molar-refractivity contribution < 1.29 is 19.1 Å². The van der Waals surface area contributed by atoms with Crippen LogP contribution in [0.2, 0.25) is 0 Å². The highest BCUT2D eigenvalue weighted by atomic mass is 16.6. The first-order valence-corrected chi connectivity index (χ1v) is 13.5. The number of hydrogen-bond donors (Lipinski definition) is 2. The van der Waals surface area contributed by atoms with Gasteiger partial charge in [-0.05, 0) is 70.4 Å². The van der Waals surface area contributed by atoms with Gasteiger partial charge in [-0.25, -0.2) is 4.79 Å². The number of benzene rings is 1. The quantitative estimate of drug-likeness (QED) is 0.334. The topological polar surface area (TPSA) is 87.7 Å². The second-order valence-corrected chi connectivity index (χ2v) is 11.0. The van der Waals surface area contributed by atoms with Crippen molar-refractivity contribution in [2.75, 3.05) is 6.54 Å². The summed E-state index contributed by atoms with van der Waals surface area (Å²) in [4.78, 5) is 42.0. The number of alkyl carbamates (subject to hydrolysis) is 1. The van der Waals surface area contributed by atoms with E-state index < -0.39 is 23.8 Å². The lowest BCUT2D eigenvalue weighted by atomic mass is 9.96. The standard InChI is InChI=1S/C29H49N3O4/c1-10-13-18-30-26(33)25(23-16-14-22(12-3)15-17-23)32(21(6)11-2)27(34)24(19-20(4)5)31-28(35)36-29(7,8)9/h14-17,20-21,24-25H,10-13,18-19H2,1-9H3,(H,30,33)(H,31,35). The molecule has 1 aromatic carbocycles. The summed E-state index contributed by atoms with van der Waals surface area (Å²) in [7, 11) is 0. The molecule has 0 aliphatic heterocycles. The highest BCUT2D eigenvalue weighted by Gasteiger charge is 2.38. The molecule has 0 saturated heterocycles. The van der Waals surface area contributed by atoms with Crippen molar-refractivity contribution in [1.82, 2.24) is 15.5 Å². The fraction of sp³-hybridized carbons (Fsp3) is 0.690. The summed E-state index contributed by atoms with van der Waals surface area (Å²) in [5, 5.41) is 5.83. The molecule has 0 spiro atoms. The summed E-state index contributed by atoms with van der Waals surface area (Å²) >= 11 is 0. The van der Waals surface area contributed by atoms with E-state index in [2.05, 4.69) is 24.5 Å². The van der Waals surface area contributed by atoms with Gasteiger partial charge in [-0.1, -0.05) is 65.3 Å². The molecule has 3 amide bonds. The van der Waals surface area contributed by atoms with Crippen LogP contribution in [0.3, 0.4) is 0 Å². The van der Waals surface area contributed by atoms with E-state index in [1.54, 1.807) is 25.7 Å². The van der Waals surface area contributed by atoms with Crippen molar-refractivity contribution in [1.29, 1.82) is 0 Å². The number of unbranched alkanes of at least 4 members (excludes halogenated alkanes) is 1. The van der Waals surface area contributed by atoms with Crippen LogP contribution in [0.5, 0.6) is 0 Å². The van der Waals surface area contributed by atoms with Gasteiger partial charge in [-0.2, -0.15) is 0 Å². The van der Waals surface area contributed by atoms with E-state index in [4.69, 9.17) is 4.74 Å². The predicted molar refractivity (Wildman–Crippen MR) is 146 cm³/mol. The maximum Gasteiger partial charge on any atom is 0.408 e. The first kappa shape index (κ1) is 31.5. The smallest absolute Gasteiger partial charge is 0.408 e. The van der Waals surface area contributed by atoms with Gasteiger partial charge in [0.05, 0.1) is 0 Å². The van der Waals surface area contributed by atoms with Crippen molar-refractivity contribution in [3.8, 4) is 0 Å². The van der Waals surface area contributed by atoms with Gasteiger partial charge >= 0.3 is 6.09 Å². The maximum atomic E-state index is 14.1. The molecule has 7 nitrogen and oxygen atoms in total. The van der Waals surface area contributed by atoms with Crippen LogP contribution >= 0.6 is 0 Å². The first-order valence-electron chi connectivity index (χ1n) is 13.5. The summed E-state index contributed by atoms with van der Waals surface area (Å²) in [6.45, 7) is 18.0. The van der Waals surface area contributed by atoms with Crippen LogP contribution < -0.4 is 10.6 Å². The molecule has 1 aromatic rings. The normalized spacial score (nSPS) is 14.1. The first-order chi connectivity index (χ1) is 16.8. The molecule has 7 heteroatoms. The molecular weight excluding hydrogens is 454 g/mol. The third-order valence-corrected chi connectivity index (χ3v) is 6.08. The number of carbonyl (C=O) groups excluding carboxylic acids is 3. The van der Waals surface area contributed by atoms with Crippen molar-refractivity contribution in [2.45, 2.75) is 118 Å². The van der Waals surface area contributed by atoms with Gasteiger partial charge in [0.1, 0.15) is 17.7 Å². The number of nitrogens with one attached hydrogen (secondary N) is 2. The molecule has 3 atom stereocenters. The lowest BCUT2D eigenvalue weighted by molar-refractivity contribution is -0.145. The number of amides is 3. The summed E-state index contributed by atoms with van der Waals surface area (Å²) in [6.07, 6.45) is 3.17. The largest absolute Gasteiger partial charge is 0.444 e. The second-order valence-electron chi connectivity index (χ2n) is 11.0. The Morgan fingerprint density at radius 3 is 2.08 bits per heavy atom. The summed E-state index contributed by atoms with van der Waals surface area (Å²) in [5.74, 6) is -0.339. The highest BCUT2D eigenvalue weighted by Crippen LogP contribution is 2.27. The number of rotatable bonds is 13. The van der Waals surface area contributed by atoms with Crippen LogP contribution in [0.25, 0.3) is 0 Å². The Labute approximate surface area is 218 Å². The van der Waals surface area contributed by atoms with Gasteiger partial charge in [0.2, 0.25) is 11.8 Å². The Morgan fingerprint density at radius 1 is 1.00 bits per heavy atom. The zero-order chi connectivity index (χ0) is 27.5. The van der Waals surface area contributed by atoms with E-state index in [0.29, 0.717) is 19.4 Å². The molecule has 0 heterocycles. The molecule has 0 saturated carbocycles. The second kappa shape index (κ2) is 14.9. The fourth-order valence-electron chi connectivity index (χ4n) is 3.98. The Balaban J connectivity index is 3.48. The van der Waals surface area contributed by atoms with E-state index in [1.165, 1.54) is 0 Å². The number of nitrogens with zero attached hydrogens (tertiary/aromatic N) is 1. The van der Waals surface area contributed by atoms with Crippen LogP contribution in [0.1, 0.15) is 105 Å². The van der Waals surface area contributed by atoms with Crippen LogP contribution in [0, 0.1) is 5.92 Å². The van der Waals surface area contributed by atoms with Crippen LogP contribution in [-0.4, -0.2) is 47.0 Å². The Morgan fingerprint density at radius 2 is 1.61 bits per heavy atom. The highest BCUT2D eigenvalue weighted by molar-refractivity contribution is 5.92. The Hall–Kier alpha value is -2.57. The third-order valence-electron chi connectivity index (χ3n) is 6.08. The Bertz CT molecular complexity index is 830. The molecule has 0 aliphatic rings. The average molecular weight is 504 g/mol. The molecule has 204 valence electrons. The molecule has 0 bridgehead atoms. The van der Waals surface area contributed by atoms with E-state index in [9.17, 15) is 14.4 Å². The minimum Gasteiger partial charge on any atom is -0.444 e. The predicted octanol–water partition coefficient (Wildman–Crippen LogP) is 5.77. The summed E-state index contributed by atoms with van der Waals surface area (Å²) < 4.78 is 5.45. The van der Waals surface area contributed by atoms with Crippen molar-refractivity contribution >= 4 is 17.9 Å². The van der Waals surface area contributed by atoms with E-state index in [0.717, 1.165) is 30.4 Å². The number of hydrogen-bond acceptors (Lipinski definition) is 4. The van der Waals surface area contributed by atoms with Crippen molar-refractivity contribution in [3.05, 3.63) is 35.4 Å². The number of carbonyl (C=O) groups is 3. The van der Waals surface area contributed by atoms with Gasteiger partial charge in [-0.15, -0.1) is 0 Å². The molecular formula is C29H49N3O4. The molecule has 0 fully saturated rings. The number of aryl methyl sites for hydroxylation is 1. The molecule has 2 N–H and O–H groups in total. The maximum absolute atomic E-state index is 14.1.